The predicted octanol–water partition coefficient (Wildman–Crippen LogP) is 6.41. The van der Waals surface area contributed by atoms with E-state index in [1.807, 2.05) is 30.3 Å². The lowest BCUT2D eigenvalue weighted by molar-refractivity contribution is 0.244. The minimum absolute atomic E-state index is 0.00994. The molecule has 1 aromatic heterocycles. The first-order valence-electron chi connectivity index (χ1n) is 11.0. The summed E-state index contributed by atoms with van der Waals surface area (Å²) in [6.45, 7) is 4.67. The highest BCUT2D eigenvalue weighted by Crippen LogP contribution is 2.25. The van der Waals surface area contributed by atoms with Crippen molar-refractivity contribution in [2.75, 3.05) is 5.75 Å². The van der Waals surface area contributed by atoms with E-state index < -0.39 is 0 Å². The van der Waals surface area contributed by atoms with Crippen LogP contribution in [0, 0.1) is 13.8 Å². The molecule has 0 aliphatic carbocycles. The number of thioether (sulfide) groups is 1. The Hall–Kier alpha value is -3.42. The number of hydrogen-bond donors (Lipinski definition) is 0. The van der Waals surface area contributed by atoms with Gasteiger partial charge in [-0.05, 0) is 37.1 Å². The van der Waals surface area contributed by atoms with E-state index in [1.165, 1.54) is 22.9 Å². The molecule has 170 valence electrons. The second-order valence-electron chi connectivity index (χ2n) is 8.18. The highest BCUT2D eigenvalue weighted by atomic mass is 32.2. The molecule has 5 rings (SSSR count). The quantitative estimate of drug-likeness (QED) is 0.308. The van der Waals surface area contributed by atoms with Gasteiger partial charge in [-0.3, -0.25) is 14.3 Å². The van der Waals surface area contributed by atoms with Crippen molar-refractivity contribution in [2.24, 2.45) is 10.2 Å². The summed E-state index contributed by atoms with van der Waals surface area (Å²) in [5.74, 6) is 1.20. The highest BCUT2D eigenvalue weighted by molar-refractivity contribution is 8.14. The lowest BCUT2D eigenvalue weighted by atomic mass is 10.1. The van der Waals surface area contributed by atoms with E-state index in [4.69, 9.17) is 0 Å². The molecule has 34 heavy (non-hydrogen) atoms. The van der Waals surface area contributed by atoms with E-state index in [2.05, 4.69) is 82.5 Å². The van der Waals surface area contributed by atoms with E-state index in [1.54, 1.807) is 16.2 Å². The van der Waals surface area contributed by atoms with Crippen molar-refractivity contribution in [3.05, 3.63) is 106 Å². The number of benzene rings is 3. The fraction of sp³-hybridized carbons (Fsp3) is 0.148. The Morgan fingerprint density at radius 3 is 2.24 bits per heavy atom. The number of carbonyl (C=O) groups excluding carboxylic acids is 1. The number of rotatable bonds is 5. The van der Waals surface area contributed by atoms with Gasteiger partial charge in [0.15, 0.2) is 0 Å². The number of aromatic nitrogens is 1. The molecule has 5 nitrogen and oxygen atoms in total. The molecule has 0 radical (unpaired) electrons. The first kappa shape index (κ1) is 22.4. The number of amides is 1. The van der Waals surface area contributed by atoms with Crippen molar-refractivity contribution in [3.8, 4) is 16.9 Å². The number of thiazole rings is 1. The number of hydrogen-bond acceptors (Lipinski definition) is 5. The zero-order chi connectivity index (χ0) is 23.5. The Bertz CT molecular complexity index is 1400. The fourth-order valence-corrected chi connectivity index (χ4v) is 5.39. The number of carbonyl (C=O) groups is 1. The number of aryl methyl sites for hydroxylation is 2. The molecule has 0 spiro atoms. The molecule has 1 aliphatic rings. The van der Waals surface area contributed by atoms with Crippen LogP contribution in [0.2, 0.25) is 0 Å². The number of nitrogens with zero attached hydrogens (tertiary/aromatic N) is 4. The van der Waals surface area contributed by atoms with Crippen molar-refractivity contribution in [3.63, 3.8) is 0 Å². The van der Waals surface area contributed by atoms with Gasteiger partial charge in [-0.2, -0.15) is 0 Å². The largest absolute Gasteiger partial charge is 0.287 e. The first-order chi connectivity index (χ1) is 16.6. The lowest BCUT2D eigenvalue weighted by Gasteiger charge is -2.15. The van der Waals surface area contributed by atoms with Crippen LogP contribution in [0.4, 0.5) is 4.79 Å². The lowest BCUT2D eigenvalue weighted by Crippen LogP contribution is -2.28. The minimum Gasteiger partial charge on any atom is -0.284 e. The Balaban J connectivity index is 1.57. The molecule has 4 aromatic rings. The summed E-state index contributed by atoms with van der Waals surface area (Å²) in [5, 5.41) is 11.3. The number of amidine groups is 1. The maximum Gasteiger partial charge on any atom is 0.287 e. The van der Waals surface area contributed by atoms with Crippen LogP contribution in [0.5, 0.6) is 0 Å². The van der Waals surface area contributed by atoms with E-state index in [-0.39, 0.29) is 5.24 Å². The monoisotopic (exact) mass is 484 g/mol. The molecule has 0 atom stereocenters. The van der Waals surface area contributed by atoms with Crippen molar-refractivity contribution in [1.82, 2.24) is 9.47 Å². The summed E-state index contributed by atoms with van der Waals surface area (Å²) in [6.07, 6.45) is 0. The summed E-state index contributed by atoms with van der Waals surface area (Å²) in [5.41, 5.74) is 6.70. The zero-order valence-electron chi connectivity index (χ0n) is 19.0. The van der Waals surface area contributed by atoms with Crippen molar-refractivity contribution < 1.29 is 4.79 Å². The summed E-state index contributed by atoms with van der Waals surface area (Å²) in [6, 6.07) is 26.9. The van der Waals surface area contributed by atoms with E-state index >= 15 is 0 Å². The predicted molar refractivity (Wildman–Crippen MR) is 141 cm³/mol. The Morgan fingerprint density at radius 2 is 1.53 bits per heavy atom. The van der Waals surface area contributed by atoms with Crippen LogP contribution in [-0.2, 0) is 6.54 Å². The average molecular weight is 485 g/mol. The molecule has 0 unspecified atom stereocenters. The second-order valence-corrected chi connectivity index (χ2v) is 9.95. The standard InChI is InChI=1S/C27H24N4OS2/c1-19-8-12-22(13-9-19)24-17-33-26(31(24)23-14-10-20(2)11-15-23)29-28-25-18-34-27(32)30(25)16-21-6-4-3-5-7-21/h3-15,17H,16,18H2,1-2H3/b28-25+,29-26-. The minimum atomic E-state index is 0.00994. The van der Waals surface area contributed by atoms with Gasteiger partial charge in [0.1, 0.15) is 5.84 Å². The van der Waals surface area contributed by atoms with Gasteiger partial charge in [0.25, 0.3) is 5.24 Å². The smallest absolute Gasteiger partial charge is 0.284 e. The van der Waals surface area contributed by atoms with Crippen LogP contribution in [0.1, 0.15) is 16.7 Å². The second kappa shape index (κ2) is 9.83. The van der Waals surface area contributed by atoms with Gasteiger partial charge in [0.2, 0.25) is 4.80 Å². The van der Waals surface area contributed by atoms with Gasteiger partial charge in [0, 0.05) is 11.1 Å². The van der Waals surface area contributed by atoms with Crippen LogP contribution >= 0.6 is 23.1 Å². The molecular weight excluding hydrogens is 460 g/mol. The van der Waals surface area contributed by atoms with E-state index in [9.17, 15) is 4.79 Å². The van der Waals surface area contributed by atoms with Crippen molar-refractivity contribution in [2.45, 2.75) is 20.4 Å². The highest BCUT2D eigenvalue weighted by Gasteiger charge is 2.28. The molecule has 1 amide bonds. The van der Waals surface area contributed by atoms with Crippen LogP contribution in [0.15, 0.2) is 94.4 Å². The summed E-state index contributed by atoms with van der Waals surface area (Å²) < 4.78 is 2.13. The molecule has 7 heteroatoms. The van der Waals surface area contributed by atoms with Gasteiger partial charge in [-0.1, -0.05) is 89.6 Å². The fourth-order valence-electron chi connectivity index (χ4n) is 3.74. The third-order valence-electron chi connectivity index (χ3n) is 5.64. The zero-order valence-corrected chi connectivity index (χ0v) is 20.6. The topological polar surface area (TPSA) is 50.0 Å². The molecule has 0 bridgehead atoms. The Morgan fingerprint density at radius 1 is 0.853 bits per heavy atom. The van der Waals surface area contributed by atoms with Gasteiger partial charge >= 0.3 is 0 Å². The van der Waals surface area contributed by atoms with Crippen molar-refractivity contribution in [1.29, 1.82) is 0 Å². The molecule has 1 saturated heterocycles. The van der Waals surface area contributed by atoms with E-state index in [0.717, 1.165) is 27.3 Å². The molecule has 1 aliphatic heterocycles. The molecule has 3 aromatic carbocycles. The van der Waals surface area contributed by atoms with E-state index in [0.29, 0.717) is 18.1 Å². The maximum absolute atomic E-state index is 12.5. The van der Waals surface area contributed by atoms with Crippen LogP contribution in [0.3, 0.4) is 0 Å². The van der Waals surface area contributed by atoms with Gasteiger partial charge in [-0.15, -0.1) is 21.5 Å². The molecule has 1 fully saturated rings. The Kier molecular flexibility index (Phi) is 6.47. The van der Waals surface area contributed by atoms with Crippen molar-refractivity contribution >= 4 is 34.2 Å². The molecule has 0 N–H and O–H groups in total. The van der Waals surface area contributed by atoms with Crippen LogP contribution in [0.25, 0.3) is 16.9 Å². The van der Waals surface area contributed by atoms with Gasteiger partial charge < -0.3 is 0 Å². The molecule has 0 saturated carbocycles. The maximum atomic E-state index is 12.5. The summed E-state index contributed by atoms with van der Waals surface area (Å²) >= 11 is 2.81. The van der Waals surface area contributed by atoms with Gasteiger partial charge in [-0.25, -0.2) is 0 Å². The van der Waals surface area contributed by atoms with Crippen LogP contribution < -0.4 is 4.80 Å². The normalized spacial score (nSPS) is 15.5. The third-order valence-corrected chi connectivity index (χ3v) is 7.32. The third kappa shape index (κ3) is 4.76. The first-order valence-corrected chi connectivity index (χ1v) is 12.9. The van der Waals surface area contributed by atoms with Gasteiger partial charge in [0.05, 0.1) is 18.0 Å². The van der Waals surface area contributed by atoms with Crippen LogP contribution in [-0.4, -0.2) is 26.3 Å². The molecular formula is C27H24N4OS2. The summed E-state index contributed by atoms with van der Waals surface area (Å²) in [4.78, 5) is 15.0. The SMILES string of the molecule is Cc1ccc(-c2cs/c(=N\N=C3/CSC(=O)N3Cc3ccccc3)n2-c2ccc(C)cc2)cc1. The summed E-state index contributed by atoms with van der Waals surface area (Å²) in [7, 11) is 0. The Labute approximate surface area is 207 Å². The average Bonchev–Trinajstić information content (AvgIpc) is 3.43. The molecule has 2 heterocycles.